The van der Waals surface area contributed by atoms with Crippen molar-refractivity contribution >= 4 is 47.0 Å². The van der Waals surface area contributed by atoms with Crippen molar-refractivity contribution in [3.05, 3.63) is 83.4 Å². The molecule has 9 heteroatoms. The number of hydrogen-bond donors (Lipinski definition) is 5. The van der Waals surface area contributed by atoms with E-state index in [1.165, 1.54) is 0 Å². The third-order valence-electron chi connectivity index (χ3n) is 5.60. The lowest BCUT2D eigenvalue weighted by Gasteiger charge is -2.13. The summed E-state index contributed by atoms with van der Waals surface area (Å²) in [5, 5.41) is 17.0. The number of hydrogen-bond acceptors (Lipinski definition) is 5. The van der Waals surface area contributed by atoms with Crippen molar-refractivity contribution in [3.63, 3.8) is 0 Å². The SMILES string of the molecule is Cl.N[C@H](Cc1ccc(O)cc1)C(=O)Nc1cc2c3c(c(-c4ccccc4)[nH]c3c1)C=NNC2=O. The van der Waals surface area contributed by atoms with E-state index in [2.05, 4.69) is 20.8 Å². The first kappa shape index (κ1) is 23.0. The smallest absolute Gasteiger partial charge is 0.272 e. The molecular formula is C25H22ClN5O3. The minimum Gasteiger partial charge on any atom is -0.508 e. The number of nitrogens with zero attached hydrogens (tertiary/aromatic N) is 1. The number of halogens is 1. The number of aromatic nitrogens is 1. The quantitative estimate of drug-likeness (QED) is 0.302. The van der Waals surface area contributed by atoms with Crippen molar-refractivity contribution in [2.45, 2.75) is 12.5 Å². The average Bonchev–Trinajstić information content (AvgIpc) is 3.09. The zero-order valence-electron chi connectivity index (χ0n) is 17.9. The van der Waals surface area contributed by atoms with Crippen LogP contribution in [0.2, 0.25) is 0 Å². The number of hydrazone groups is 1. The first-order valence-corrected chi connectivity index (χ1v) is 10.4. The zero-order chi connectivity index (χ0) is 22.9. The number of anilines is 1. The molecule has 6 N–H and O–H groups in total. The van der Waals surface area contributed by atoms with Crippen LogP contribution in [-0.4, -0.2) is 34.2 Å². The molecule has 0 fully saturated rings. The van der Waals surface area contributed by atoms with E-state index in [-0.39, 0.29) is 30.0 Å². The Morgan fingerprint density at radius 3 is 2.56 bits per heavy atom. The van der Waals surface area contributed by atoms with Crippen molar-refractivity contribution in [1.82, 2.24) is 10.4 Å². The molecular weight excluding hydrogens is 454 g/mol. The summed E-state index contributed by atoms with van der Waals surface area (Å²) in [5.41, 5.74) is 13.6. The summed E-state index contributed by atoms with van der Waals surface area (Å²) in [6.07, 6.45) is 1.93. The maximum Gasteiger partial charge on any atom is 0.272 e. The number of phenols is 1. The van der Waals surface area contributed by atoms with Gasteiger partial charge >= 0.3 is 0 Å². The minimum atomic E-state index is -0.805. The maximum atomic E-state index is 12.8. The molecule has 1 atom stereocenters. The molecule has 0 aliphatic carbocycles. The van der Waals surface area contributed by atoms with Gasteiger partial charge in [0, 0.05) is 22.2 Å². The zero-order valence-corrected chi connectivity index (χ0v) is 18.7. The molecule has 0 unspecified atom stereocenters. The predicted octanol–water partition coefficient (Wildman–Crippen LogP) is 3.55. The predicted molar refractivity (Wildman–Crippen MR) is 134 cm³/mol. The second-order valence-corrected chi connectivity index (χ2v) is 7.89. The van der Waals surface area contributed by atoms with Crippen molar-refractivity contribution in [2.75, 3.05) is 5.32 Å². The Morgan fingerprint density at radius 1 is 1.09 bits per heavy atom. The van der Waals surface area contributed by atoms with E-state index in [9.17, 15) is 14.7 Å². The third kappa shape index (κ3) is 4.36. The summed E-state index contributed by atoms with van der Waals surface area (Å²) >= 11 is 0. The highest BCUT2D eigenvalue weighted by molar-refractivity contribution is 6.18. The van der Waals surface area contributed by atoms with Crippen LogP contribution in [0.3, 0.4) is 0 Å². The fraction of sp³-hybridized carbons (Fsp3) is 0.0800. The summed E-state index contributed by atoms with van der Waals surface area (Å²) in [7, 11) is 0. The molecule has 1 aliphatic heterocycles. The molecule has 0 radical (unpaired) electrons. The molecule has 3 aromatic carbocycles. The lowest BCUT2D eigenvalue weighted by molar-refractivity contribution is -0.117. The molecule has 1 aromatic heterocycles. The van der Waals surface area contributed by atoms with Gasteiger partial charge in [-0.25, -0.2) is 5.43 Å². The second kappa shape index (κ2) is 9.38. The number of nitrogens with one attached hydrogen (secondary N) is 3. The van der Waals surface area contributed by atoms with Gasteiger partial charge in [-0.05, 0) is 41.8 Å². The van der Waals surface area contributed by atoms with E-state index in [1.54, 1.807) is 42.6 Å². The van der Waals surface area contributed by atoms with Gasteiger partial charge in [-0.15, -0.1) is 12.4 Å². The van der Waals surface area contributed by atoms with Gasteiger partial charge in [-0.2, -0.15) is 5.10 Å². The number of carbonyl (C=O) groups excluding carboxylic acids is 2. The number of aromatic hydroxyl groups is 1. The lowest BCUT2D eigenvalue weighted by Crippen LogP contribution is -2.37. The molecule has 0 bridgehead atoms. The number of phenolic OH excluding ortho intramolecular Hbond substituents is 1. The van der Waals surface area contributed by atoms with Gasteiger partial charge in [0.2, 0.25) is 5.91 Å². The van der Waals surface area contributed by atoms with Crippen LogP contribution < -0.4 is 16.5 Å². The van der Waals surface area contributed by atoms with E-state index in [4.69, 9.17) is 5.73 Å². The van der Waals surface area contributed by atoms with Crippen LogP contribution in [0.1, 0.15) is 21.5 Å². The van der Waals surface area contributed by atoms with E-state index < -0.39 is 6.04 Å². The number of aromatic amines is 1. The number of benzene rings is 3. The molecule has 34 heavy (non-hydrogen) atoms. The number of amides is 2. The average molecular weight is 476 g/mol. The number of H-pyrrole nitrogens is 1. The molecule has 2 heterocycles. The van der Waals surface area contributed by atoms with E-state index >= 15 is 0 Å². The lowest BCUT2D eigenvalue weighted by atomic mass is 10.0. The Bertz CT molecular complexity index is 1400. The Kier molecular flexibility index (Phi) is 6.36. The highest BCUT2D eigenvalue weighted by atomic mass is 35.5. The fourth-order valence-electron chi connectivity index (χ4n) is 4.00. The highest BCUT2D eigenvalue weighted by Crippen LogP contribution is 2.34. The summed E-state index contributed by atoms with van der Waals surface area (Å²) in [4.78, 5) is 28.8. The van der Waals surface area contributed by atoms with Gasteiger partial charge in [0.15, 0.2) is 0 Å². The monoisotopic (exact) mass is 475 g/mol. The molecule has 0 saturated carbocycles. The van der Waals surface area contributed by atoms with Crippen LogP contribution in [0, 0.1) is 0 Å². The summed E-state index contributed by atoms with van der Waals surface area (Å²) in [5.74, 6) is -0.592. The van der Waals surface area contributed by atoms with Gasteiger partial charge in [-0.1, -0.05) is 42.5 Å². The van der Waals surface area contributed by atoms with Crippen LogP contribution in [-0.2, 0) is 11.2 Å². The van der Waals surface area contributed by atoms with Gasteiger partial charge in [0.05, 0.1) is 23.5 Å². The van der Waals surface area contributed by atoms with Crippen LogP contribution in [0.25, 0.3) is 22.2 Å². The normalized spacial score (nSPS) is 13.0. The number of rotatable bonds is 5. The van der Waals surface area contributed by atoms with Crippen LogP contribution >= 0.6 is 12.4 Å². The molecule has 0 saturated heterocycles. The van der Waals surface area contributed by atoms with Crippen LogP contribution in [0.15, 0.2) is 71.8 Å². The standard InChI is InChI=1S/C25H21N5O3.ClH/c26-20(10-14-6-8-17(31)9-7-14)25(33)28-16-11-18-22-19(13-27-30-24(18)32)23(29-21(22)12-16)15-4-2-1-3-5-15;/h1-9,11-13,20,29,31H,10,26H2,(H,28,33)(H,30,32);1H/t20-;/m1./s1. The Hall–Kier alpha value is -4.14. The van der Waals surface area contributed by atoms with Gasteiger partial charge in [-0.3, -0.25) is 9.59 Å². The fourth-order valence-corrected chi connectivity index (χ4v) is 4.00. The first-order valence-electron chi connectivity index (χ1n) is 10.4. The molecule has 1 aliphatic rings. The first-order chi connectivity index (χ1) is 16.0. The highest BCUT2D eigenvalue weighted by Gasteiger charge is 2.23. The Labute approximate surface area is 201 Å². The van der Waals surface area contributed by atoms with Crippen molar-refractivity contribution < 1.29 is 14.7 Å². The Morgan fingerprint density at radius 2 is 1.82 bits per heavy atom. The maximum absolute atomic E-state index is 12.8. The van der Waals surface area contributed by atoms with E-state index in [0.29, 0.717) is 23.2 Å². The van der Waals surface area contributed by atoms with Gasteiger partial charge < -0.3 is 21.1 Å². The van der Waals surface area contributed by atoms with Crippen LogP contribution in [0.4, 0.5) is 5.69 Å². The number of nitrogens with two attached hydrogens (primary N) is 1. The molecule has 8 nitrogen and oxygen atoms in total. The largest absolute Gasteiger partial charge is 0.508 e. The van der Waals surface area contributed by atoms with Crippen molar-refractivity contribution in [1.29, 1.82) is 0 Å². The van der Waals surface area contributed by atoms with Crippen LogP contribution in [0.5, 0.6) is 5.75 Å². The second-order valence-electron chi connectivity index (χ2n) is 7.89. The summed E-state index contributed by atoms with van der Waals surface area (Å²) < 4.78 is 0. The van der Waals surface area contributed by atoms with E-state index in [1.807, 2.05) is 30.3 Å². The Balaban J connectivity index is 0.00000274. The van der Waals surface area contributed by atoms with Gasteiger partial charge in [0.1, 0.15) is 5.75 Å². The molecule has 172 valence electrons. The summed E-state index contributed by atoms with van der Waals surface area (Å²) in [6, 6.07) is 18.9. The summed E-state index contributed by atoms with van der Waals surface area (Å²) in [6.45, 7) is 0. The minimum absolute atomic E-state index is 0. The third-order valence-corrected chi connectivity index (χ3v) is 5.60. The molecule has 5 rings (SSSR count). The molecule has 2 amide bonds. The number of carbonyl (C=O) groups is 2. The van der Waals surface area contributed by atoms with E-state index in [0.717, 1.165) is 27.8 Å². The molecule has 4 aromatic rings. The molecule has 0 spiro atoms. The topological polar surface area (TPSA) is 133 Å². The van der Waals surface area contributed by atoms with Gasteiger partial charge in [0.25, 0.3) is 5.91 Å². The van der Waals surface area contributed by atoms with Crippen molar-refractivity contribution in [3.8, 4) is 17.0 Å². The van der Waals surface area contributed by atoms with Crippen molar-refractivity contribution in [2.24, 2.45) is 10.8 Å².